The summed E-state index contributed by atoms with van der Waals surface area (Å²) in [6.45, 7) is 7.17. The van der Waals surface area contributed by atoms with Gasteiger partial charge in [-0.25, -0.2) is 4.98 Å². The number of aryl methyl sites for hydroxylation is 1. The quantitative estimate of drug-likeness (QED) is 0.849. The maximum absolute atomic E-state index is 5.21. The van der Waals surface area contributed by atoms with Gasteiger partial charge in [0.1, 0.15) is 11.6 Å². The van der Waals surface area contributed by atoms with Crippen molar-refractivity contribution in [1.29, 1.82) is 0 Å². The van der Waals surface area contributed by atoms with Gasteiger partial charge in [0.2, 0.25) is 5.95 Å². The highest BCUT2D eigenvalue weighted by Crippen LogP contribution is 2.20. The van der Waals surface area contributed by atoms with Crippen LogP contribution in [0.5, 0.6) is 5.75 Å². The number of hydrogen-bond donors (Lipinski definition) is 2. The number of rotatable bonds is 6. The molecule has 0 fully saturated rings. The molecule has 0 radical (unpaired) electrons. The molecule has 112 valence electrons. The van der Waals surface area contributed by atoms with Crippen LogP contribution < -0.4 is 15.4 Å². The van der Waals surface area contributed by atoms with E-state index in [1.807, 2.05) is 37.3 Å². The van der Waals surface area contributed by atoms with E-state index < -0.39 is 0 Å². The number of hydrogen-bond acceptors (Lipinski definition) is 5. The number of anilines is 3. The predicted octanol–water partition coefficient (Wildman–Crippen LogP) is 3.61. The zero-order chi connectivity index (χ0) is 15.2. The van der Waals surface area contributed by atoms with Crippen molar-refractivity contribution in [2.45, 2.75) is 20.8 Å². The normalized spacial score (nSPS) is 10.5. The van der Waals surface area contributed by atoms with E-state index in [9.17, 15) is 0 Å². The summed E-state index contributed by atoms with van der Waals surface area (Å²) in [6.07, 6.45) is 0. The van der Waals surface area contributed by atoms with Crippen LogP contribution in [-0.4, -0.2) is 23.6 Å². The lowest BCUT2D eigenvalue weighted by atomic mass is 10.2. The second kappa shape index (κ2) is 6.92. The van der Waals surface area contributed by atoms with Gasteiger partial charge in [0.15, 0.2) is 0 Å². The lowest BCUT2D eigenvalue weighted by molar-refractivity contribution is 0.415. The molecule has 0 saturated carbocycles. The second-order valence-corrected chi connectivity index (χ2v) is 5.35. The molecule has 21 heavy (non-hydrogen) atoms. The summed E-state index contributed by atoms with van der Waals surface area (Å²) in [5, 5.41) is 6.52. The van der Waals surface area contributed by atoms with Gasteiger partial charge in [-0.1, -0.05) is 19.9 Å². The molecular formula is C16H22N4O. The topological polar surface area (TPSA) is 59.1 Å². The Balaban J connectivity index is 2.15. The number of nitrogens with zero attached hydrogens (tertiary/aromatic N) is 2. The first-order valence-corrected chi connectivity index (χ1v) is 7.07. The van der Waals surface area contributed by atoms with Crippen LogP contribution in [0.15, 0.2) is 30.3 Å². The van der Waals surface area contributed by atoms with Crippen molar-refractivity contribution in [2.24, 2.45) is 5.92 Å². The first-order valence-electron chi connectivity index (χ1n) is 7.07. The minimum absolute atomic E-state index is 0.565. The number of methoxy groups -OCH3 is 1. The lowest BCUT2D eigenvalue weighted by Gasteiger charge is -2.11. The van der Waals surface area contributed by atoms with Crippen LogP contribution in [0.1, 0.15) is 19.5 Å². The first-order chi connectivity index (χ1) is 10.1. The average molecular weight is 286 g/mol. The van der Waals surface area contributed by atoms with E-state index in [0.717, 1.165) is 29.5 Å². The molecule has 0 saturated heterocycles. The van der Waals surface area contributed by atoms with E-state index in [2.05, 4.69) is 34.4 Å². The Labute approximate surface area is 125 Å². The number of nitrogens with one attached hydrogen (secondary N) is 2. The van der Waals surface area contributed by atoms with Crippen LogP contribution in [0.2, 0.25) is 0 Å². The molecule has 1 aromatic heterocycles. The Morgan fingerprint density at radius 2 is 2.00 bits per heavy atom. The van der Waals surface area contributed by atoms with Crippen molar-refractivity contribution in [2.75, 3.05) is 24.3 Å². The minimum atomic E-state index is 0.565. The summed E-state index contributed by atoms with van der Waals surface area (Å²) >= 11 is 0. The molecule has 5 nitrogen and oxygen atoms in total. The molecule has 0 spiro atoms. The highest BCUT2D eigenvalue weighted by atomic mass is 16.5. The zero-order valence-electron chi connectivity index (χ0n) is 13.0. The Kier molecular flexibility index (Phi) is 4.98. The van der Waals surface area contributed by atoms with Crippen LogP contribution in [0.4, 0.5) is 17.5 Å². The van der Waals surface area contributed by atoms with Crippen molar-refractivity contribution in [1.82, 2.24) is 9.97 Å². The fourth-order valence-electron chi connectivity index (χ4n) is 1.85. The van der Waals surface area contributed by atoms with Gasteiger partial charge in [0.25, 0.3) is 0 Å². The lowest BCUT2D eigenvalue weighted by Crippen LogP contribution is -2.10. The van der Waals surface area contributed by atoms with Crippen molar-refractivity contribution >= 4 is 17.5 Å². The number of benzene rings is 1. The van der Waals surface area contributed by atoms with Gasteiger partial charge < -0.3 is 15.4 Å². The van der Waals surface area contributed by atoms with E-state index in [4.69, 9.17) is 4.74 Å². The molecule has 0 bridgehead atoms. The van der Waals surface area contributed by atoms with Crippen LogP contribution in [0.25, 0.3) is 0 Å². The van der Waals surface area contributed by atoms with Crippen molar-refractivity contribution in [3.8, 4) is 5.75 Å². The molecule has 0 amide bonds. The maximum Gasteiger partial charge on any atom is 0.229 e. The summed E-state index contributed by atoms with van der Waals surface area (Å²) in [4.78, 5) is 8.89. The molecule has 0 unspecified atom stereocenters. The average Bonchev–Trinajstić information content (AvgIpc) is 2.45. The molecule has 0 aliphatic heterocycles. The number of aromatic nitrogens is 2. The van der Waals surface area contributed by atoms with Gasteiger partial charge in [-0.2, -0.15) is 4.98 Å². The smallest absolute Gasteiger partial charge is 0.229 e. The SMILES string of the molecule is COc1cccc(Nc2nc(C)cc(NCC(C)C)n2)c1. The number of ether oxygens (including phenoxy) is 1. The van der Waals surface area contributed by atoms with E-state index in [1.54, 1.807) is 7.11 Å². The van der Waals surface area contributed by atoms with E-state index in [-0.39, 0.29) is 0 Å². The van der Waals surface area contributed by atoms with Crippen LogP contribution in [0, 0.1) is 12.8 Å². The van der Waals surface area contributed by atoms with Gasteiger partial charge in [-0.15, -0.1) is 0 Å². The van der Waals surface area contributed by atoms with Gasteiger partial charge >= 0.3 is 0 Å². The summed E-state index contributed by atoms with van der Waals surface area (Å²) in [6, 6.07) is 9.63. The van der Waals surface area contributed by atoms with Crippen LogP contribution >= 0.6 is 0 Å². The van der Waals surface area contributed by atoms with E-state index >= 15 is 0 Å². The Hall–Kier alpha value is -2.30. The van der Waals surface area contributed by atoms with Gasteiger partial charge in [0.05, 0.1) is 7.11 Å². The Morgan fingerprint density at radius 1 is 1.19 bits per heavy atom. The summed E-state index contributed by atoms with van der Waals surface area (Å²) in [7, 11) is 1.65. The highest BCUT2D eigenvalue weighted by molar-refractivity contribution is 5.57. The molecular weight excluding hydrogens is 264 g/mol. The molecule has 0 aliphatic carbocycles. The van der Waals surface area contributed by atoms with Gasteiger partial charge in [-0.05, 0) is 25.0 Å². The van der Waals surface area contributed by atoms with Gasteiger partial charge in [-0.3, -0.25) is 0 Å². The fraction of sp³-hybridized carbons (Fsp3) is 0.375. The predicted molar refractivity (Wildman–Crippen MR) is 86.4 cm³/mol. The third-order valence-corrected chi connectivity index (χ3v) is 2.87. The van der Waals surface area contributed by atoms with Crippen molar-refractivity contribution < 1.29 is 4.74 Å². The maximum atomic E-state index is 5.21. The van der Waals surface area contributed by atoms with E-state index in [1.165, 1.54) is 0 Å². The fourth-order valence-corrected chi connectivity index (χ4v) is 1.85. The van der Waals surface area contributed by atoms with Crippen LogP contribution in [0.3, 0.4) is 0 Å². The Bertz CT molecular complexity index is 599. The molecule has 2 rings (SSSR count). The Morgan fingerprint density at radius 3 is 2.71 bits per heavy atom. The van der Waals surface area contributed by atoms with Crippen LogP contribution in [-0.2, 0) is 0 Å². The molecule has 1 heterocycles. The third kappa shape index (κ3) is 4.63. The summed E-state index contributed by atoms with van der Waals surface area (Å²) < 4.78 is 5.21. The zero-order valence-corrected chi connectivity index (χ0v) is 13.0. The third-order valence-electron chi connectivity index (χ3n) is 2.87. The molecule has 2 N–H and O–H groups in total. The molecule has 2 aromatic rings. The summed E-state index contributed by atoms with van der Waals surface area (Å²) in [5.74, 6) is 2.77. The molecule has 5 heteroatoms. The standard InChI is InChI=1S/C16H22N4O/c1-11(2)10-17-15-8-12(3)18-16(20-15)19-13-6-5-7-14(9-13)21-4/h5-9,11H,10H2,1-4H3,(H2,17,18,19,20). The van der Waals surface area contributed by atoms with Gasteiger partial charge in [0, 0.05) is 30.1 Å². The first kappa shape index (κ1) is 15.1. The largest absolute Gasteiger partial charge is 0.497 e. The molecule has 0 aliphatic rings. The monoisotopic (exact) mass is 286 g/mol. The van der Waals surface area contributed by atoms with Crippen molar-refractivity contribution in [3.05, 3.63) is 36.0 Å². The van der Waals surface area contributed by atoms with Crippen molar-refractivity contribution in [3.63, 3.8) is 0 Å². The summed E-state index contributed by atoms with van der Waals surface area (Å²) in [5.41, 5.74) is 1.82. The minimum Gasteiger partial charge on any atom is -0.497 e. The van der Waals surface area contributed by atoms with E-state index in [0.29, 0.717) is 11.9 Å². The highest BCUT2D eigenvalue weighted by Gasteiger charge is 2.04. The second-order valence-electron chi connectivity index (χ2n) is 5.35. The molecule has 1 aromatic carbocycles. The molecule has 0 atom stereocenters.